The first kappa shape index (κ1) is 11.2. The van der Waals surface area contributed by atoms with Crippen LogP contribution in [0.4, 0.5) is 0 Å². The predicted molar refractivity (Wildman–Crippen MR) is 61.6 cm³/mol. The molecular formula is C13H14O2. The number of hydrogen-bond acceptors (Lipinski definition) is 1. The van der Waals surface area contributed by atoms with Crippen LogP contribution in [0.2, 0.25) is 0 Å². The third-order valence-corrected chi connectivity index (χ3v) is 2.05. The van der Waals surface area contributed by atoms with Gasteiger partial charge < -0.3 is 5.11 Å². The van der Waals surface area contributed by atoms with Gasteiger partial charge >= 0.3 is 5.97 Å². The molecule has 0 aliphatic carbocycles. The summed E-state index contributed by atoms with van der Waals surface area (Å²) < 4.78 is 0. The molecule has 0 bridgehead atoms. The molecule has 0 fully saturated rings. The predicted octanol–water partition coefficient (Wildman–Crippen LogP) is 3.04. The van der Waals surface area contributed by atoms with E-state index in [2.05, 4.69) is 0 Å². The highest BCUT2D eigenvalue weighted by atomic mass is 16.4. The van der Waals surface area contributed by atoms with Crippen LogP contribution in [0.3, 0.4) is 0 Å². The van der Waals surface area contributed by atoms with Crippen molar-refractivity contribution in [1.82, 2.24) is 0 Å². The van der Waals surface area contributed by atoms with Crippen molar-refractivity contribution in [3.05, 3.63) is 53.1 Å². The summed E-state index contributed by atoms with van der Waals surface area (Å²) in [6.07, 6.45) is 5.21. The fourth-order valence-corrected chi connectivity index (χ4v) is 1.05. The van der Waals surface area contributed by atoms with Gasteiger partial charge in [0.1, 0.15) is 0 Å². The van der Waals surface area contributed by atoms with Crippen LogP contribution in [0.25, 0.3) is 6.08 Å². The maximum Gasteiger partial charge on any atom is 0.331 e. The fraction of sp³-hybridized carbons (Fsp3) is 0.154. The van der Waals surface area contributed by atoms with Gasteiger partial charge in [0, 0.05) is 5.57 Å². The molecule has 1 rings (SSSR count). The van der Waals surface area contributed by atoms with E-state index in [1.807, 2.05) is 37.3 Å². The molecule has 0 aromatic heterocycles. The summed E-state index contributed by atoms with van der Waals surface area (Å²) in [4.78, 5) is 10.5. The van der Waals surface area contributed by atoms with E-state index in [1.54, 1.807) is 19.1 Å². The van der Waals surface area contributed by atoms with Gasteiger partial charge in [0.25, 0.3) is 0 Å². The van der Waals surface area contributed by atoms with E-state index in [4.69, 9.17) is 5.11 Å². The fourth-order valence-electron chi connectivity index (χ4n) is 1.05. The number of benzene rings is 1. The van der Waals surface area contributed by atoms with Crippen molar-refractivity contribution in [3.63, 3.8) is 0 Å². The standard InChI is InChI=1S/C13H14O2/c1-10-6-8-12(9-7-10)5-3-4-11(2)13(14)15/h3-9H,1-2H3,(H,14,15). The molecule has 15 heavy (non-hydrogen) atoms. The summed E-state index contributed by atoms with van der Waals surface area (Å²) in [6.45, 7) is 3.60. The minimum atomic E-state index is -0.886. The van der Waals surface area contributed by atoms with Crippen molar-refractivity contribution < 1.29 is 9.90 Å². The van der Waals surface area contributed by atoms with Crippen LogP contribution < -0.4 is 0 Å². The van der Waals surface area contributed by atoms with E-state index >= 15 is 0 Å². The highest BCUT2D eigenvalue weighted by Crippen LogP contribution is 2.05. The Balaban J connectivity index is 2.70. The highest BCUT2D eigenvalue weighted by molar-refractivity contribution is 5.86. The number of carboxylic acid groups (broad SMARTS) is 1. The van der Waals surface area contributed by atoms with Crippen LogP contribution in [-0.2, 0) is 4.79 Å². The Labute approximate surface area is 89.6 Å². The quantitative estimate of drug-likeness (QED) is 0.604. The molecule has 1 aromatic carbocycles. The third-order valence-electron chi connectivity index (χ3n) is 2.05. The van der Waals surface area contributed by atoms with Crippen LogP contribution >= 0.6 is 0 Å². The molecule has 0 saturated heterocycles. The van der Waals surface area contributed by atoms with Crippen molar-refractivity contribution in [1.29, 1.82) is 0 Å². The molecule has 0 atom stereocenters. The number of hydrogen-bond donors (Lipinski definition) is 1. The van der Waals surface area contributed by atoms with Crippen LogP contribution in [-0.4, -0.2) is 11.1 Å². The Kier molecular flexibility index (Phi) is 3.86. The van der Waals surface area contributed by atoms with E-state index in [9.17, 15) is 4.79 Å². The van der Waals surface area contributed by atoms with Crippen molar-refractivity contribution in [2.45, 2.75) is 13.8 Å². The largest absolute Gasteiger partial charge is 0.478 e. The minimum absolute atomic E-state index is 0.332. The molecule has 0 aliphatic heterocycles. The van der Waals surface area contributed by atoms with Gasteiger partial charge in [-0.2, -0.15) is 0 Å². The van der Waals surface area contributed by atoms with Gasteiger partial charge in [-0.1, -0.05) is 48.1 Å². The molecule has 0 heterocycles. The molecule has 2 nitrogen and oxygen atoms in total. The van der Waals surface area contributed by atoms with Crippen LogP contribution in [0.1, 0.15) is 18.1 Å². The molecule has 0 spiro atoms. The van der Waals surface area contributed by atoms with Crippen LogP contribution in [0.15, 0.2) is 42.0 Å². The van der Waals surface area contributed by atoms with E-state index in [-0.39, 0.29) is 0 Å². The van der Waals surface area contributed by atoms with Crippen LogP contribution in [0, 0.1) is 6.92 Å². The zero-order valence-electron chi connectivity index (χ0n) is 8.90. The molecule has 0 amide bonds. The first-order chi connectivity index (χ1) is 7.09. The molecule has 78 valence electrons. The molecule has 2 heteroatoms. The Hall–Kier alpha value is -1.83. The van der Waals surface area contributed by atoms with E-state index in [0.717, 1.165) is 5.56 Å². The minimum Gasteiger partial charge on any atom is -0.478 e. The van der Waals surface area contributed by atoms with Gasteiger partial charge in [-0.3, -0.25) is 0 Å². The highest BCUT2D eigenvalue weighted by Gasteiger charge is 1.95. The summed E-state index contributed by atoms with van der Waals surface area (Å²) >= 11 is 0. The molecule has 0 radical (unpaired) electrons. The van der Waals surface area contributed by atoms with Crippen molar-refractivity contribution >= 4 is 12.0 Å². The summed E-state index contributed by atoms with van der Waals surface area (Å²) in [5, 5.41) is 8.61. The van der Waals surface area contributed by atoms with Crippen molar-refractivity contribution in [2.24, 2.45) is 0 Å². The molecule has 1 aromatic rings. The number of allylic oxidation sites excluding steroid dienone is 2. The second-order valence-electron chi connectivity index (χ2n) is 3.42. The average Bonchev–Trinajstić information content (AvgIpc) is 2.20. The molecule has 0 saturated carbocycles. The lowest BCUT2D eigenvalue weighted by Crippen LogP contribution is -1.94. The summed E-state index contributed by atoms with van der Waals surface area (Å²) in [5.74, 6) is -0.886. The van der Waals surface area contributed by atoms with E-state index < -0.39 is 5.97 Å². The lowest BCUT2D eigenvalue weighted by molar-refractivity contribution is -0.132. The topological polar surface area (TPSA) is 37.3 Å². The number of aliphatic carboxylic acids is 1. The van der Waals surface area contributed by atoms with E-state index in [0.29, 0.717) is 5.57 Å². The van der Waals surface area contributed by atoms with Gasteiger partial charge in [0.2, 0.25) is 0 Å². The average molecular weight is 202 g/mol. The second-order valence-corrected chi connectivity index (χ2v) is 3.42. The van der Waals surface area contributed by atoms with Gasteiger partial charge in [0.05, 0.1) is 0 Å². The Morgan fingerprint density at radius 3 is 2.40 bits per heavy atom. The Morgan fingerprint density at radius 2 is 1.87 bits per heavy atom. The maximum atomic E-state index is 10.5. The van der Waals surface area contributed by atoms with Crippen molar-refractivity contribution in [3.8, 4) is 0 Å². The zero-order valence-corrected chi connectivity index (χ0v) is 8.90. The van der Waals surface area contributed by atoms with Crippen LogP contribution in [0.5, 0.6) is 0 Å². The summed E-state index contributed by atoms with van der Waals surface area (Å²) in [5.41, 5.74) is 2.61. The Morgan fingerprint density at radius 1 is 1.27 bits per heavy atom. The lowest BCUT2D eigenvalue weighted by Gasteiger charge is -1.93. The van der Waals surface area contributed by atoms with Crippen molar-refractivity contribution in [2.75, 3.05) is 0 Å². The van der Waals surface area contributed by atoms with Gasteiger partial charge in [-0.15, -0.1) is 0 Å². The third kappa shape index (κ3) is 3.81. The van der Waals surface area contributed by atoms with Gasteiger partial charge in [-0.25, -0.2) is 4.79 Å². The maximum absolute atomic E-state index is 10.5. The summed E-state index contributed by atoms with van der Waals surface area (Å²) in [6, 6.07) is 8.03. The van der Waals surface area contributed by atoms with Gasteiger partial charge in [0.15, 0.2) is 0 Å². The number of aryl methyl sites for hydroxylation is 1. The molecule has 0 aliphatic rings. The normalized spacial score (nSPS) is 12.0. The first-order valence-electron chi connectivity index (χ1n) is 4.74. The van der Waals surface area contributed by atoms with E-state index in [1.165, 1.54) is 5.56 Å². The summed E-state index contributed by atoms with van der Waals surface area (Å²) in [7, 11) is 0. The zero-order chi connectivity index (χ0) is 11.3. The number of carboxylic acids is 1. The first-order valence-corrected chi connectivity index (χ1v) is 4.74. The smallest absolute Gasteiger partial charge is 0.331 e. The Bertz CT molecular complexity index is 397. The second kappa shape index (κ2) is 5.15. The molecular weight excluding hydrogens is 188 g/mol. The lowest BCUT2D eigenvalue weighted by atomic mass is 10.1. The monoisotopic (exact) mass is 202 g/mol. The molecule has 0 unspecified atom stereocenters. The molecule has 1 N–H and O–H groups in total. The number of carbonyl (C=O) groups is 1. The number of rotatable bonds is 3. The van der Waals surface area contributed by atoms with Gasteiger partial charge in [-0.05, 0) is 19.4 Å². The SMILES string of the molecule is CC(=CC=Cc1ccc(C)cc1)C(=O)O.